The third kappa shape index (κ3) is 2.81. The summed E-state index contributed by atoms with van der Waals surface area (Å²) in [5, 5.41) is 0.223. The SMILES string of the molecule is COCc1cc(Cl)nc(Cl)c1C(=O)OC. The van der Waals surface area contributed by atoms with Crippen molar-refractivity contribution in [2.24, 2.45) is 0 Å². The predicted molar refractivity (Wildman–Crippen MR) is 56.3 cm³/mol. The molecule has 1 aromatic heterocycles. The van der Waals surface area contributed by atoms with Crippen molar-refractivity contribution in [3.05, 3.63) is 27.5 Å². The molecule has 0 spiro atoms. The quantitative estimate of drug-likeness (QED) is 0.610. The Balaban J connectivity index is 3.26. The number of halogens is 2. The first-order valence-corrected chi connectivity index (χ1v) is 4.78. The van der Waals surface area contributed by atoms with E-state index in [-0.39, 0.29) is 22.5 Å². The molecule has 0 N–H and O–H groups in total. The number of esters is 1. The highest BCUT2D eigenvalue weighted by Gasteiger charge is 2.18. The molecule has 1 aromatic rings. The Morgan fingerprint density at radius 2 is 2.13 bits per heavy atom. The van der Waals surface area contributed by atoms with Gasteiger partial charge >= 0.3 is 5.97 Å². The number of carbonyl (C=O) groups is 1. The molecule has 0 radical (unpaired) electrons. The second-order valence-electron chi connectivity index (χ2n) is 2.69. The second kappa shape index (κ2) is 5.30. The van der Waals surface area contributed by atoms with Gasteiger partial charge in [0.1, 0.15) is 15.9 Å². The Labute approximate surface area is 97.1 Å². The standard InChI is InChI=1S/C9H9Cl2NO3/c1-14-4-5-3-6(10)12-8(11)7(5)9(13)15-2/h3H,4H2,1-2H3. The molecule has 82 valence electrons. The minimum absolute atomic E-state index is 0.0152. The van der Waals surface area contributed by atoms with E-state index in [0.717, 1.165) is 0 Å². The lowest BCUT2D eigenvalue weighted by molar-refractivity contribution is 0.0595. The fourth-order valence-electron chi connectivity index (χ4n) is 1.12. The number of methoxy groups -OCH3 is 2. The fourth-order valence-corrected chi connectivity index (χ4v) is 1.67. The highest BCUT2D eigenvalue weighted by molar-refractivity contribution is 6.34. The van der Waals surface area contributed by atoms with E-state index in [2.05, 4.69) is 9.72 Å². The average molecular weight is 250 g/mol. The van der Waals surface area contributed by atoms with Crippen LogP contribution < -0.4 is 0 Å². The molecule has 4 nitrogen and oxygen atoms in total. The second-order valence-corrected chi connectivity index (χ2v) is 3.44. The number of aromatic nitrogens is 1. The number of hydrogen-bond acceptors (Lipinski definition) is 4. The van der Waals surface area contributed by atoms with E-state index < -0.39 is 5.97 Å². The van der Waals surface area contributed by atoms with Crippen LogP contribution in [0.25, 0.3) is 0 Å². The van der Waals surface area contributed by atoms with Crippen LogP contribution in [0.5, 0.6) is 0 Å². The monoisotopic (exact) mass is 249 g/mol. The van der Waals surface area contributed by atoms with E-state index in [0.29, 0.717) is 5.56 Å². The Hall–Kier alpha value is -0.840. The van der Waals surface area contributed by atoms with Crippen molar-refractivity contribution < 1.29 is 14.3 Å². The fraction of sp³-hybridized carbons (Fsp3) is 0.333. The lowest BCUT2D eigenvalue weighted by Gasteiger charge is -2.08. The van der Waals surface area contributed by atoms with E-state index in [1.807, 2.05) is 0 Å². The van der Waals surface area contributed by atoms with Crippen LogP contribution in [0.2, 0.25) is 10.3 Å². The largest absolute Gasteiger partial charge is 0.465 e. The van der Waals surface area contributed by atoms with Crippen LogP contribution in [0.15, 0.2) is 6.07 Å². The lowest BCUT2D eigenvalue weighted by Crippen LogP contribution is -2.08. The molecular weight excluding hydrogens is 241 g/mol. The molecule has 0 aliphatic rings. The summed E-state index contributed by atoms with van der Waals surface area (Å²) in [4.78, 5) is 15.2. The van der Waals surface area contributed by atoms with Gasteiger partial charge in [-0.1, -0.05) is 23.2 Å². The van der Waals surface area contributed by atoms with Crippen molar-refractivity contribution in [3.8, 4) is 0 Å². The molecule has 6 heteroatoms. The molecule has 0 unspecified atom stereocenters. The summed E-state index contributed by atoms with van der Waals surface area (Å²) in [5.74, 6) is -0.559. The van der Waals surface area contributed by atoms with Gasteiger partial charge in [0.15, 0.2) is 0 Å². The predicted octanol–water partition coefficient (Wildman–Crippen LogP) is 2.32. The van der Waals surface area contributed by atoms with E-state index in [1.54, 1.807) is 0 Å². The third-order valence-corrected chi connectivity index (χ3v) is 2.18. The number of pyridine rings is 1. The first-order chi connectivity index (χ1) is 7.10. The van der Waals surface area contributed by atoms with Gasteiger partial charge in [-0.2, -0.15) is 0 Å². The highest BCUT2D eigenvalue weighted by Crippen LogP contribution is 2.23. The molecule has 0 saturated heterocycles. The van der Waals surface area contributed by atoms with Crippen molar-refractivity contribution in [3.63, 3.8) is 0 Å². The summed E-state index contributed by atoms with van der Waals surface area (Å²) >= 11 is 11.5. The average Bonchev–Trinajstić information content (AvgIpc) is 2.16. The molecule has 0 amide bonds. The maximum atomic E-state index is 11.4. The van der Waals surface area contributed by atoms with Crippen molar-refractivity contribution in [1.29, 1.82) is 0 Å². The Bertz CT molecular complexity index is 382. The molecule has 0 bridgehead atoms. The van der Waals surface area contributed by atoms with Crippen molar-refractivity contribution in [2.75, 3.05) is 14.2 Å². The van der Waals surface area contributed by atoms with Crippen LogP contribution in [0, 0.1) is 0 Å². The van der Waals surface area contributed by atoms with Crippen molar-refractivity contribution >= 4 is 29.2 Å². The topological polar surface area (TPSA) is 48.4 Å². The summed E-state index contributed by atoms with van der Waals surface area (Å²) in [5.41, 5.74) is 0.736. The highest BCUT2D eigenvalue weighted by atomic mass is 35.5. The summed E-state index contributed by atoms with van der Waals surface area (Å²) in [6, 6.07) is 1.52. The zero-order valence-electron chi connectivity index (χ0n) is 8.21. The first kappa shape index (κ1) is 12.2. The van der Waals surface area contributed by atoms with Crippen LogP contribution in [0.4, 0.5) is 0 Å². The van der Waals surface area contributed by atoms with Gasteiger partial charge in [-0.15, -0.1) is 0 Å². The molecular formula is C9H9Cl2NO3. The van der Waals surface area contributed by atoms with E-state index in [1.165, 1.54) is 20.3 Å². The molecule has 0 atom stereocenters. The van der Waals surface area contributed by atoms with Crippen molar-refractivity contribution in [2.45, 2.75) is 6.61 Å². The summed E-state index contributed by atoms with van der Waals surface area (Å²) in [6.45, 7) is 0.215. The summed E-state index contributed by atoms with van der Waals surface area (Å²) in [7, 11) is 2.77. The minimum Gasteiger partial charge on any atom is -0.465 e. The zero-order chi connectivity index (χ0) is 11.4. The molecule has 0 aliphatic carbocycles. The van der Waals surface area contributed by atoms with Gasteiger partial charge in [0.25, 0.3) is 0 Å². The van der Waals surface area contributed by atoms with Gasteiger partial charge in [0.05, 0.1) is 13.7 Å². The number of nitrogens with zero attached hydrogens (tertiary/aromatic N) is 1. The summed E-state index contributed by atoms with van der Waals surface area (Å²) < 4.78 is 9.50. The molecule has 15 heavy (non-hydrogen) atoms. The number of ether oxygens (including phenoxy) is 2. The van der Waals surface area contributed by atoms with Gasteiger partial charge in [-0.05, 0) is 11.6 Å². The van der Waals surface area contributed by atoms with Gasteiger partial charge in [-0.25, -0.2) is 9.78 Å². The third-order valence-electron chi connectivity index (χ3n) is 1.72. The maximum Gasteiger partial charge on any atom is 0.341 e. The lowest BCUT2D eigenvalue weighted by atomic mass is 10.1. The van der Waals surface area contributed by atoms with Crippen LogP contribution in [0.1, 0.15) is 15.9 Å². The molecule has 0 aliphatic heterocycles. The van der Waals surface area contributed by atoms with Crippen molar-refractivity contribution in [1.82, 2.24) is 4.98 Å². The molecule has 0 saturated carbocycles. The molecule has 0 fully saturated rings. The van der Waals surface area contributed by atoms with Crippen LogP contribution in [-0.2, 0) is 16.1 Å². The molecule has 1 rings (SSSR count). The Morgan fingerprint density at radius 3 is 2.67 bits per heavy atom. The number of rotatable bonds is 3. The van der Waals surface area contributed by atoms with Crippen LogP contribution in [-0.4, -0.2) is 25.2 Å². The van der Waals surface area contributed by atoms with Crippen LogP contribution >= 0.6 is 23.2 Å². The van der Waals surface area contributed by atoms with Gasteiger partial charge in [0.2, 0.25) is 0 Å². The number of hydrogen-bond donors (Lipinski definition) is 0. The zero-order valence-corrected chi connectivity index (χ0v) is 9.72. The Morgan fingerprint density at radius 1 is 1.47 bits per heavy atom. The number of carbonyl (C=O) groups excluding carboxylic acids is 1. The molecule has 1 heterocycles. The van der Waals surface area contributed by atoms with Gasteiger partial charge < -0.3 is 9.47 Å². The Kier molecular flexibility index (Phi) is 4.32. The normalized spacial score (nSPS) is 10.1. The van der Waals surface area contributed by atoms with Crippen LogP contribution in [0.3, 0.4) is 0 Å². The first-order valence-electron chi connectivity index (χ1n) is 4.02. The maximum absolute atomic E-state index is 11.4. The summed E-state index contributed by atoms with van der Waals surface area (Å²) in [6.07, 6.45) is 0. The van der Waals surface area contributed by atoms with Gasteiger partial charge in [-0.3, -0.25) is 0 Å². The molecule has 0 aromatic carbocycles. The minimum atomic E-state index is -0.559. The van der Waals surface area contributed by atoms with E-state index >= 15 is 0 Å². The van der Waals surface area contributed by atoms with Gasteiger partial charge in [0, 0.05) is 7.11 Å². The smallest absolute Gasteiger partial charge is 0.341 e. The van der Waals surface area contributed by atoms with E-state index in [9.17, 15) is 4.79 Å². The van der Waals surface area contributed by atoms with E-state index in [4.69, 9.17) is 27.9 Å².